The number of allylic oxidation sites excluding steroid dienone is 3. The van der Waals surface area contributed by atoms with Crippen LogP contribution in [-0.4, -0.2) is 32.8 Å². The number of fused-ring (bicyclic) bond motifs is 7. The van der Waals surface area contributed by atoms with Crippen LogP contribution in [0.4, 0.5) is 0 Å². The van der Waals surface area contributed by atoms with E-state index in [9.17, 15) is 15.0 Å². The zero-order chi connectivity index (χ0) is 29.1. The second-order valence-electron chi connectivity index (χ2n) is 15.6. The van der Waals surface area contributed by atoms with E-state index in [2.05, 4.69) is 49.7 Å². The van der Waals surface area contributed by atoms with Crippen molar-refractivity contribution in [2.45, 2.75) is 105 Å². The van der Waals surface area contributed by atoms with Crippen molar-refractivity contribution in [2.75, 3.05) is 6.61 Å². The Kier molecular flexibility index (Phi) is 5.75. The van der Waals surface area contributed by atoms with Gasteiger partial charge in [-0.15, -0.1) is 10.2 Å². The van der Waals surface area contributed by atoms with Gasteiger partial charge in [0.25, 0.3) is 0 Å². The summed E-state index contributed by atoms with van der Waals surface area (Å²) < 4.78 is 6.16. The Morgan fingerprint density at radius 2 is 1.77 bits per heavy atom. The number of hydrogen-bond acceptors (Lipinski definition) is 6. The van der Waals surface area contributed by atoms with E-state index >= 15 is 0 Å². The highest BCUT2D eigenvalue weighted by molar-refractivity contribution is 5.95. The van der Waals surface area contributed by atoms with Gasteiger partial charge in [0.2, 0.25) is 17.5 Å². The van der Waals surface area contributed by atoms with Gasteiger partial charge in [-0.3, -0.25) is 4.79 Å². The van der Waals surface area contributed by atoms with Crippen LogP contribution in [0.1, 0.15) is 105 Å². The fraction of sp³-hybridized carbons (Fsp3) is 0.758. The van der Waals surface area contributed by atoms with Crippen LogP contribution in [0.5, 0.6) is 0 Å². The van der Waals surface area contributed by atoms with Crippen molar-refractivity contribution < 1.29 is 19.4 Å². The molecule has 40 heavy (non-hydrogen) atoms. The molecule has 5 aliphatic rings. The third kappa shape index (κ3) is 3.23. The predicted octanol–water partition coefficient (Wildman–Crippen LogP) is 6.88. The van der Waals surface area contributed by atoms with Gasteiger partial charge in [-0.25, -0.2) is 4.85 Å². The number of nitrogens with zero attached hydrogens (tertiary/aromatic N) is 3. The van der Waals surface area contributed by atoms with E-state index in [4.69, 9.17) is 11.0 Å². The first-order chi connectivity index (χ1) is 18.6. The van der Waals surface area contributed by atoms with E-state index < -0.39 is 10.8 Å². The molecule has 3 saturated carbocycles. The van der Waals surface area contributed by atoms with E-state index in [1.165, 1.54) is 0 Å². The molecule has 3 fully saturated rings. The molecule has 7 nitrogen and oxygen atoms in total. The normalized spacial score (nSPS) is 45.9. The summed E-state index contributed by atoms with van der Waals surface area (Å²) in [7, 11) is 0. The molecular formula is C33H45N3O4. The molecule has 0 aliphatic heterocycles. The maximum atomic E-state index is 14.6. The van der Waals surface area contributed by atoms with Crippen LogP contribution in [0.15, 0.2) is 27.5 Å². The van der Waals surface area contributed by atoms with Gasteiger partial charge in [0.05, 0.1) is 18.6 Å². The second-order valence-corrected chi connectivity index (χ2v) is 15.6. The smallest absolute Gasteiger partial charge is 0.222 e. The molecule has 0 aromatic carbocycles. The minimum atomic E-state index is -0.902. The van der Waals surface area contributed by atoms with E-state index in [0.29, 0.717) is 23.9 Å². The lowest BCUT2D eigenvalue weighted by Gasteiger charge is -2.69. The molecule has 1 heterocycles. The lowest BCUT2D eigenvalue weighted by molar-refractivity contribution is -0.164. The van der Waals surface area contributed by atoms with Crippen LogP contribution in [0, 0.1) is 58.3 Å². The minimum Gasteiger partial charge on any atom is -0.523 e. The molecule has 6 rings (SSSR count). The standard InChI is InChI=1S/C33H45N3O4/c1-19-35-36-27(40-19)33-13-11-28(2,3)16-20(33)25-22(38)15-24-29(4)17-21(34-8)26(39)30(5,18-37)23(29)9-10-31(24,6)32(25,7)12-14-33/h15,20,23,25,37,39H,9-14,16-18H2,1-7H3/t20-,23+,25-,29-,30-,31+,32+,33-/m0/s1. The van der Waals surface area contributed by atoms with Crippen LogP contribution < -0.4 is 0 Å². The topological polar surface area (TPSA) is 101 Å². The van der Waals surface area contributed by atoms with Crippen molar-refractivity contribution in [3.05, 3.63) is 46.3 Å². The highest BCUT2D eigenvalue weighted by Crippen LogP contribution is 2.75. The van der Waals surface area contributed by atoms with Crippen molar-refractivity contribution in [2.24, 2.45) is 44.8 Å². The van der Waals surface area contributed by atoms with Crippen molar-refractivity contribution in [3.63, 3.8) is 0 Å². The van der Waals surface area contributed by atoms with Gasteiger partial charge in [0, 0.05) is 18.3 Å². The zero-order valence-corrected chi connectivity index (χ0v) is 25.2. The first-order valence-electron chi connectivity index (χ1n) is 15.1. The Balaban J connectivity index is 1.52. The fourth-order valence-corrected chi connectivity index (χ4v) is 10.8. The van der Waals surface area contributed by atoms with Crippen molar-refractivity contribution in [3.8, 4) is 0 Å². The number of carbonyl (C=O) groups excluding carboxylic acids is 1. The SMILES string of the molecule is [C-]#[N+]C1=C(O)[C@@](C)(CO)[C@@H]2CC[C@]3(C)C(=CC(=O)[C@@H]4[C@@H]5CC(C)(C)CC[C@]5(c5nnc(C)o5)CC[C@]43C)[C@@]2(C)C1. The van der Waals surface area contributed by atoms with Gasteiger partial charge in [-0.05, 0) is 90.9 Å². The number of carbonyl (C=O) groups is 1. The first kappa shape index (κ1) is 27.7. The molecule has 1 aromatic heterocycles. The van der Waals surface area contributed by atoms with E-state index in [0.717, 1.165) is 50.5 Å². The van der Waals surface area contributed by atoms with Gasteiger partial charge in [-0.2, -0.15) is 0 Å². The Morgan fingerprint density at radius 3 is 2.40 bits per heavy atom. The summed E-state index contributed by atoms with van der Waals surface area (Å²) in [5.41, 5.74) is -0.624. The van der Waals surface area contributed by atoms with Crippen molar-refractivity contribution in [1.82, 2.24) is 10.2 Å². The molecule has 0 amide bonds. The van der Waals surface area contributed by atoms with E-state index in [1.54, 1.807) is 0 Å². The molecule has 0 radical (unpaired) electrons. The summed E-state index contributed by atoms with van der Waals surface area (Å²) in [5.74, 6) is 1.41. The molecule has 2 N–H and O–H groups in total. The summed E-state index contributed by atoms with van der Waals surface area (Å²) >= 11 is 0. The average molecular weight is 548 g/mol. The third-order valence-corrected chi connectivity index (χ3v) is 13.2. The monoisotopic (exact) mass is 547 g/mol. The largest absolute Gasteiger partial charge is 0.523 e. The van der Waals surface area contributed by atoms with Crippen molar-refractivity contribution >= 4 is 5.78 Å². The number of aliphatic hydroxyl groups excluding tert-OH is 2. The Labute approximate surface area is 238 Å². The first-order valence-corrected chi connectivity index (χ1v) is 15.1. The highest BCUT2D eigenvalue weighted by Gasteiger charge is 2.71. The summed E-state index contributed by atoms with van der Waals surface area (Å²) in [6.07, 6.45) is 8.85. The molecule has 0 saturated heterocycles. The maximum Gasteiger partial charge on any atom is 0.222 e. The van der Waals surface area contributed by atoms with Gasteiger partial charge in [-0.1, -0.05) is 47.1 Å². The quantitative estimate of drug-likeness (QED) is 0.391. The van der Waals surface area contributed by atoms with Crippen LogP contribution in [0.2, 0.25) is 0 Å². The zero-order valence-electron chi connectivity index (χ0n) is 25.2. The molecule has 0 bridgehead atoms. The lowest BCUT2D eigenvalue weighted by Crippen LogP contribution is -2.65. The fourth-order valence-electron chi connectivity index (χ4n) is 10.8. The summed E-state index contributed by atoms with van der Waals surface area (Å²) in [6.45, 7) is 22.9. The van der Waals surface area contributed by atoms with Gasteiger partial charge >= 0.3 is 0 Å². The molecule has 5 aliphatic carbocycles. The molecule has 7 heteroatoms. The third-order valence-electron chi connectivity index (χ3n) is 13.2. The predicted molar refractivity (Wildman–Crippen MR) is 151 cm³/mol. The summed E-state index contributed by atoms with van der Waals surface area (Å²) in [5, 5.41) is 30.4. The number of hydrogen-bond donors (Lipinski definition) is 2. The second kappa shape index (κ2) is 8.31. The van der Waals surface area contributed by atoms with Crippen LogP contribution in [-0.2, 0) is 10.2 Å². The summed E-state index contributed by atoms with van der Waals surface area (Å²) in [6, 6.07) is 0. The molecule has 8 atom stereocenters. The number of aromatic nitrogens is 2. The number of aryl methyl sites for hydroxylation is 1. The Hall–Kier alpha value is -2.46. The average Bonchev–Trinajstić information content (AvgIpc) is 3.34. The van der Waals surface area contributed by atoms with Gasteiger partial charge < -0.3 is 14.6 Å². The highest BCUT2D eigenvalue weighted by atomic mass is 16.4. The number of ketones is 1. The molecule has 216 valence electrons. The van der Waals surface area contributed by atoms with Gasteiger partial charge in [0.1, 0.15) is 5.76 Å². The maximum absolute atomic E-state index is 14.6. The summed E-state index contributed by atoms with van der Waals surface area (Å²) in [4.78, 5) is 18.4. The van der Waals surface area contributed by atoms with Crippen molar-refractivity contribution in [1.29, 1.82) is 0 Å². The molecular weight excluding hydrogens is 502 g/mol. The van der Waals surface area contributed by atoms with Crippen LogP contribution in [0.3, 0.4) is 0 Å². The number of aliphatic hydroxyl groups is 2. The van der Waals surface area contributed by atoms with Gasteiger partial charge in [0.15, 0.2) is 5.78 Å². The lowest BCUT2D eigenvalue weighted by atomic mass is 9.34. The van der Waals surface area contributed by atoms with E-state index in [-0.39, 0.29) is 57.6 Å². The molecule has 1 aromatic rings. The van der Waals surface area contributed by atoms with E-state index in [1.807, 2.05) is 19.9 Å². The Bertz CT molecular complexity index is 1380. The van der Waals surface area contributed by atoms with Crippen LogP contribution >= 0.6 is 0 Å². The molecule has 0 unspecified atom stereocenters. The Morgan fingerprint density at radius 1 is 1.07 bits per heavy atom. The number of rotatable bonds is 2. The minimum absolute atomic E-state index is 0.0321. The molecule has 0 spiro atoms. The van der Waals surface area contributed by atoms with Crippen LogP contribution in [0.25, 0.3) is 4.85 Å².